The maximum absolute atomic E-state index is 14.4. The fourth-order valence-electron chi connectivity index (χ4n) is 4.68. The summed E-state index contributed by atoms with van der Waals surface area (Å²) >= 11 is 6.20. The summed E-state index contributed by atoms with van der Waals surface area (Å²) in [7, 11) is 0. The Bertz CT molecular complexity index is 1270. The van der Waals surface area contributed by atoms with E-state index in [0.29, 0.717) is 36.8 Å². The molecule has 2 N–H and O–H groups in total. The van der Waals surface area contributed by atoms with Gasteiger partial charge in [-0.1, -0.05) is 66.6 Å². The van der Waals surface area contributed by atoms with E-state index in [-0.39, 0.29) is 29.9 Å². The number of likely N-dealkylation sites (tertiary alicyclic amines) is 1. The predicted octanol–water partition coefficient (Wildman–Crippen LogP) is 7.48. The van der Waals surface area contributed by atoms with E-state index in [4.69, 9.17) is 22.1 Å². The molecule has 0 saturated carbocycles. The summed E-state index contributed by atoms with van der Waals surface area (Å²) in [5.74, 6) is -0.658. The molecule has 4 nitrogen and oxygen atoms in total. The highest BCUT2D eigenvalue weighted by Gasteiger charge is 2.28. The van der Waals surface area contributed by atoms with Gasteiger partial charge in [-0.05, 0) is 72.2 Å². The van der Waals surface area contributed by atoms with Crippen LogP contribution in [0.1, 0.15) is 42.4 Å². The lowest BCUT2D eigenvalue weighted by atomic mass is 9.92. The summed E-state index contributed by atoms with van der Waals surface area (Å²) in [5, 5.41) is 0.435. The van der Waals surface area contributed by atoms with Crippen molar-refractivity contribution >= 4 is 29.5 Å². The summed E-state index contributed by atoms with van der Waals surface area (Å²) in [6.45, 7) is 3.48. The van der Waals surface area contributed by atoms with Crippen molar-refractivity contribution < 1.29 is 18.3 Å². The SMILES string of the molecule is CC(COC(=O)N1CCC(C/C(=C/c2ccc(N)c(Cl)c2)Cc2cc(F)ccc2F)C1)c1ccccc1. The molecule has 1 heterocycles. The highest BCUT2D eigenvalue weighted by Crippen LogP contribution is 2.29. The summed E-state index contributed by atoms with van der Waals surface area (Å²) in [6.07, 6.45) is 3.30. The standard InChI is InChI=1S/C30H31ClF2N2O2/c1-20(24-5-3-2-4-6-24)19-37-30(36)35-12-11-22(18-35)14-23(13-21-7-10-29(34)27(31)16-21)15-25-17-26(32)8-9-28(25)33/h2-10,13,16-17,20,22H,11-12,14-15,18-19,34H2,1H3/b23-13-. The summed E-state index contributed by atoms with van der Waals surface area (Å²) in [5.41, 5.74) is 9.47. The molecule has 0 aromatic heterocycles. The molecule has 4 rings (SSSR count). The van der Waals surface area contributed by atoms with Gasteiger partial charge in [0.25, 0.3) is 0 Å². The van der Waals surface area contributed by atoms with Crippen LogP contribution in [-0.4, -0.2) is 30.7 Å². The molecular weight excluding hydrogens is 494 g/mol. The molecule has 1 amide bonds. The third-order valence-electron chi connectivity index (χ3n) is 6.74. The molecule has 3 aromatic carbocycles. The zero-order valence-corrected chi connectivity index (χ0v) is 21.6. The first-order chi connectivity index (χ1) is 17.8. The average Bonchev–Trinajstić information content (AvgIpc) is 3.36. The van der Waals surface area contributed by atoms with E-state index in [2.05, 4.69) is 0 Å². The van der Waals surface area contributed by atoms with Gasteiger partial charge in [-0.3, -0.25) is 0 Å². The Kier molecular flexibility index (Phi) is 8.82. The fourth-order valence-corrected chi connectivity index (χ4v) is 4.86. The fraction of sp³-hybridized carbons (Fsp3) is 0.300. The number of nitrogen functional groups attached to an aromatic ring is 1. The maximum Gasteiger partial charge on any atom is 0.409 e. The van der Waals surface area contributed by atoms with Crippen molar-refractivity contribution in [1.82, 2.24) is 4.90 Å². The quantitative estimate of drug-likeness (QED) is 0.311. The van der Waals surface area contributed by atoms with Gasteiger partial charge in [0.1, 0.15) is 11.6 Å². The molecule has 7 heteroatoms. The number of anilines is 1. The molecule has 1 aliphatic heterocycles. The van der Waals surface area contributed by atoms with Crippen LogP contribution in [0.25, 0.3) is 6.08 Å². The largest absolute Gasteiger partial charge is 0.449 e. The van der Waals surface area contributed by atoms with Gasteiger partial charge < -0.3 is 15.4 Å². The minimum absolute atomic E-state index is 0.103. The molecule has 194 valence electrons. The smallest absolute Gasteiger partial charge is 0.409 e. The number of halogens is 3. The molecule has 3 aromatic rings. The van der Waals surface area contributed by atoms with Gasteiger partial charge in [-0.15, -0.1) is 0 Å². The highest BCUT2D eigenvalue weighted by molar-refractivity contribution is 6.33. The van der Waals surface area contributed by atoms with Crippen LogP contribution in [0.15, 0.2) is 72.3 Å². The van der Waals surface area contributed by atoms with Crippen LogP contribution in [0, 0.1) is 17.6 Å². The second-order valence-corrected chi connectivity index (χ2v) is 10.1. The number of amides is 1. The number of benzene rings is 3. The lowest BCUT2D eigenvalue weighted by molar-refractivity contribution is 0.104. The number of allylic oxidation sites excluding steroid dienone is 1. The van der Waals surface area contributed by atoms with E-state index in [0.717, 1.165) is 35.3 Å². The second kappa shape index (κ2) is 12.2. The van der Waals surface area contributed by atoms with E-state index in [1.165, 1.54) is 6.07 Å². The maximum atomic E-state index is 14.4. The molecule has 0 radical (unpaired) electrons. The molecule has 2 unspecified atom stereocenters. The number of carbonyl (C=O) groups excluding carboxylic acids is 1. The molecule has 1 aliphatic rings. The molecular formula is C30H31ClF2N2O2. The van der Waals surface area contributed by atoms with Crippen LogP contribution in [-0.2, 0) is 11.2 Å². The Morgan fingerprint density at radius 1 is 1.16 bits per heavy atom. The van der Waals surface area contributed by atoms with E-state index in [1.54, 1.807) is 17.0 Å². The Balaban J connectivity index is 1.42. The van der Waals surface area contributed by atoms with Crippen molar-refractivity contribution in [2.45, 2.75) is 32.1 Å². The van der Waals surface area contributed by atoms with Crippen molar-refractivity contribution in [3.05, 3.63) is 106 Å². The number of nitrogens with zero attached hydrogens (tertiary/aromatic N) is 1. The van der Waals surface area contributed by atoms with E-state index in [9.17, 15) is 13.6 Å². The van der Waals surface area contributed by atoms with Crippen molar-refractivity contribution in [2.24, 2.45) is 5.92 Å². The van der Waals surface area contributed by atoms with Crippen molar-refractivity contribution in [1.29, 1.82) is 0 Å². The first-order valence-electron chi connectivity index (χ1n) is 12.4. The van der Waals surface area contributed by atoms with Gasteiger partial charge in [0.15, 0.2) is 0 Å². The van der Waals surface area contributed by atoms with Crippen LogP contribution in [0.4, 0.5) is 19.3 Å². The Hall–Kier alpha value is -3.38. The van der Waals surface area contributed by atoms with E-state index in [1.807, 2.05) is 49.4 Å². The Morgan fingerprint density at radius 2 is 1.95 bits per heavy atom. The molecule has 1 fully saturated rings. The number of ether oxygens (including phenoxy) is 1. The zero-order valence-electron chi connectivity index (χ0n) is 20.8. The number of hydrogen-bond donors (Lipinski definition) is 1. The lowest BCUT2D eigenvalue weighted by Gasteiger charge is -2.19. The van der Waals surface area contributed by atoms with Crippen LogP contribution in [0.5, 0.6) is 0 Å². The number of rotatable bonds is 8. The molecule has 0 bridgehead atoms. The minimum atomic E-state index is -0.481. The lowest BCUT2D eigenvalue weighted by Crippen LogP contribution is -2.30. The van der Waals surface area contributed by atoms with Gasteiger partial charge in [0.05, 0.1) is 17.3 Å². The number of nitrogens with two attached hydrogens (primary N) is 1. The Labute approximate surface area is 221 Å². The van der Waals surface area contributed by atoms with Gasteiger partial charge in [-0.25, -0.2) is 13.6 Å². The van der Waals surface area contributed by atoms with Crippen LogP contribution in [0.3, 0.4) is 0 Å². The summed E-state index contributed by atoms with van der Waals surface area (Å²) in [6, 6.07) is 18.7. The molecule has 37 heavy (non-hydrogen) atoms. The third kappa shape index (κ3) is 7.32. The minimum Gasteiger partial charge on any atom is -0.449 e. The number of carbonyl (C=O) groups is 1. The second-order valence-electron chi connectivity index (χ2n) is 9.69. The van der Waals surface area contributed by atoms with Crippen LogP contribution >= 0.6 is 11.6 Å². The van der Waals surface area contributed by atoms with Crippen molar-refractivity contribution in [2.75, 3.05) is 25.4 Å². The zero-order chi connectivity index (χ0) is 26.4. The van der Waals surface area contributed by atoms with Gasteiger partial charge >= 0.3 is 6.09 Å². The molecule has 0 aliphatic carbocycles. The van der Waals surface area contributed by atoms with Crippen LogP contribution in [0.2, 0.25) is 5.02 Å². The molecule has 1 saturated heterocycles. The number of hydrogen-bond acceptors (Lipinski definition) is 3. The predicted molar refractivity (Wildman–Crippen MR) is 144 cm³/mol. The average molecular weight is 525 g/mol. The Morgan fingerprint density at radius 3 is 2.70 bits per heavy atom. The highest BCUT2D eigenvalue weighted by atomic mass is 35.5. The molecule has 2 atom stereocenters. The van der Waals surface area contributed by atoms with Gasteiger partial charge in [-0.2, -0.15) is 0 Å². The van der Waals surface area contributed by atoms with E-state index >= 15 is 0 Å². The van der Waals surface area contributed by atoms with Gasteiger partial charge in [0, 0.05) is 19.0 Å². The topological polar surface area (TPSA) is 55.6 Å². The van der Waals surface area contributed by atoms with Crippen molar-refractivity contribution in [3.63, 3.8) is 0 Å². The summed E-state index contributed by atoms with van der Waals surface area (Å²) < 4.78 is 33.9. The monoisotopic (exact) mass is 524 g/mol. The van der Waals surface area contributed by atoms with Gasteiger partial charge in [0.2, 0.25) is 0 Å². The first kappa shape index (κ1) is 26.7. The third-order valence-corrected chi connectivity index (χ3v) is 7.07. The molecule has 0 spiro atoms. The van der Waals surface area contributed by atoms with Crippen molar-refractivity contribution in [3.8, 4) is 0 Å². The summed E-state index contributed by atoms with van der Waals surface area (Å²) in [4.78, 5) is 14.4. The normalized spacial score (nSPS) is 16.6. The van der Waals surface area contributed by atoms with E-state index < -0.39 is 11.6 Å². The van der Waals surface area contributed by atoms with Crippen LogP contribution < -0.4 is 5.73 Å². The first-order valence-corrected chi connectivity index (χ1v) is 12.8.